The van der Waals surface area contributed by atoms with Crippen molar-refractivity contribution in [2.45, 2.75) is 57.7 Å². The highest BCUT2D eigenvalue weighted by molar-refractivity contribution is 5.74. The molecule has 20 heavy (non-hydrogen) atoms. The van der Waals surface area contributed by atoms with E-state index in [9.17, 15) is 9.90 Å². The number of benzene rings is 1. The summed E-state index contributed by atoms with van der Waals surface area (Å²) in [5.41, 5.74) is 2.50. The molecular weight excluding hydrogens is 250 g/mol. The van der Waals surface area contributed by atoms with E-state index in [1.54, 1.807) is 0 Å². The van der Waals surface area contributed by atoms with E-state index in [0.29, 0.717) is 18.4 Å². The highest BCUT2D eigenvalue weighted by Gasteiger charge is 2.37. The van der Waals surface area contributed by atoms with Crippen LogP contribution in [0.15, 0.2) is 24.3 Å². The number of hydrogen-bond acceptors (Lipinski definition) is 2. The van der Waals surface area contributed by atoms with E-state index in [1.165, 1.54) is 36.8 Å². The number of carbonyl (C=O) groups is 1. The molecule has 0 spiro atoms. The van der Waals surface area contributed by atoms with Crippen LogP contribution in [0.1, 0.15) is 43.7 Å². The second kappa shape index (κ2) is 5.57. The van der Waals surface area contributed by atoms with E-state index in [2.05, 4.69) is 30.0 Å². The molecule has 1 heterocycles. The van der Waals surface area contributed by atoms with Gasteiger partial charge in [-0.15, -0.1) is 0 Å². The maximum Gasteiger partial charge on any atom is 0.321 e. The lowest BCUT2D eigenvalue weighted by Crippen LogP contribution is -2.51. The molecular formula is C17H23NO2. The molecule has 1 fully saturated rings. The molecule has 3 nitrogen and oxygen atoms in total. The Balaban J connectivity index is 1.86. The summed E-state index contributed by atoms with van der Waals surface area (Å²) in [7, 11) is 0. The Morgan fingerprint density at radius 1 is 1.25 bits per heavy atom. The molecule has 1 saturated carbocycles. The quantitative estimate of drug-likeness (QED) is 0.920. The molecule has 2 aliphatic rings. The van der Waals surface area contributed by atoms with Crippen molar-refractivity contribution in [3.05, 3.63) is 35.4 Å². The molecule has 1 N–H and O–H groups in total. The summed E-state index contributed by atoms with van der Waals surface area (Å²) in [6, 6.07) is 8.28. The predicted molar refractivity (Wildman–Crippen MR) is 78.5 cm³/mol. The number of carboxylic acids is 1. The number of hydrogen-bond donors (Lipinski definition) is 1. The van der Waals surface area contributed by atoms with Crippen LogP contribution >= 0.6 is 0 Å². The molecule has 0 aromatic heterocycles. The van der Waals surface area contributed by atoms with E-state index >= 15 is 0 Å². The monoisotopic (exact) mass is 273 g/mol. The zero-order valence-electron chi connectivity index (χ0n) is 12.1. The molecule has 1 aromatic rings. The van der Waals surface area contributed by atoms with Crippen LogP contribution in [-0.2, 0) is 17.8 Å². The molecule has 0 bridgehead atoms. The third kappa shape index (κ3) is 2.47. The standard InChI is InChI=1S/C17H23NO2/c1-12(13-6-2-3-7-13)18-11-15-9-5-4-8-14(15)10-16(18)17(19)20/h4-5,8-9,12-13,16H,2-3,6-7,10-11H2,1H3,(H,19,20). The zero-order chi connectivity index (χ0) is 14.1. The summed E-state index contributed by atoms with van der Waals surface area (Å²) >= 11 is 0. The maximum atomic E-state index is 11.7. The Kier molecular flexibility index (Phi) is 3.79. The van der Waals surface area contributed by atoms with Crippen LogP contribution in [-0.4, -0.2) is 28.1 Å². The molecule has 0 amide bonds. The number of fused-ring (bicyclic) bond motifs is 1. The molecule has 1 aromatic carbocycles. The summed E-state index contributed by atoms with van der Waals surface area (Å²) in [4.78, 5) is 13.9. The molecule has 3 rings (SSSR count). The summed E-state index contributed by atoms with van der Waals surface area (Å²) < 4.78 is 0. The first-order valence-corrected chi connectivity index (χ1v) is 7.72. The summed E-state index contributed by atoms with van der Waals surface area (Å²) in [5, 5.41) is 9.58. The molecule has 3 heteroatoms. The van der Waals surface area contributed by atoms with Crippen LogP contribution in [0.3, 0.4) is 0 Å². The van der Waals surface area contributed by atoms with Crippen molar-refractivity contribution >= 4 is 5.97 Å². The van der Waals surface area contributed by atoms with Crippen LogP contribution in [0.4, 0.5) is 0 Å². The van der Waals surface area contributed by atoms with Crippen molar-refractivity contribution in [2.24, 2.45) is 5.92 Å². The van der Waals surface area contributed by atoms with Crippen molar-refractivity contribution in [2.75, 3.05) is 0 Å². The normalized spacial score (nSPS) is 25.4. The highest BCUT2D eigenvalue weighted by atomic mass is 16.4. The van der Waals surface area contributed by atoms with Crippen molar-refractivity contribution in [3.8, 4) is 0 Å². The van der Waals surface area contributed by atoms with Crippen LogP contribution in [0, 0.1) is 5.92 Å². The first-order chi connectivity index (χ1) is 9.66. The van der Waals surface area contributed by atoms with Gasteiger partial charge in [0.1, 0.15) is 6.04 Å². The second-order valence-corrected chi connectivity index (χ2v) is 6.28. The van der Waals surface area contributed by atoms with Gasteiger partial charge < -0.3 is 5.11 Å². The van der Waals surface area contributed by atoms with Gasteiger partial charge in [0.05, 0.1) is 0 Å². The average molecular weight is 273 g/mol. The fourth-order valence-corrected chi connectivity index (χ4v) is 3.91. The fraction of sp³-hybridized carbons (Fsp3) is 0.588. The van der Waals surface area contributed by atoms with E-state index < -0.39 is 5.97 Å². The smallest absolute Gasteiger partial charge is 0.321 e. The topological polar surface area (TPSA) is 40.5 Å². The minimum absolute atomic E-state index is 0.361. The van der Waals surface area contributed by atoms with Gasteiger partial charge in [0.2, 0.25) is 0 Å². The Hall–Kier alpha value is -1.35. The Morgan fingerprint density at radius 2 is 1.90 bits per heavy atom. The minimum atomic E-state index is -0.677. The van der Waals surface area contributed by atoms with E-state index in [1.807, 2.05) is 6.07 Å². The van der Waals surface area contributed by atoms with E-state index in [4.69, 9.17) is 0 Å². The van der Waals surface area contributed by atoms with E-state index in [0.717, 1.165) is 6.54 Å². The highest BCUT2D eigenvalue weighted by Crippen LogP contribution is 2.34. The SMILES string of the molecule is CC(C1CCCC1)N1Cc2ccccc2CC1C(=O)O. The van der Waals surface area contributed by atoms with Crippen LogP contribution < -0.4 is 0 Å². The van der Waals surface area contributed by atoms with Crippen LogP contribution in [0.5, 0.6) is 0 Å². The Labute approximate surface area is 120 Å². The second-order valence-electron chi connectivity index (χ2n) is 6.28. The van der Waals surface area contributed by atoms with Crippen LogP contribution in [0.25, 0.3) is 0 Å². The molecule has 0 radical (unpaired) electrons. The molecule has 2 atom stereocenters. The summed E-state index contributed by atoms with van der Waals surface area (Å²) in [5.74, 6) is -0.00791. The average Bonchev–Trinajstić information content (AvgIpc) is 2.99. The fourth-order valence-electron chi connectivity index (χ4n) is 3.91. The minimum Gasteiger partial charge on any atom is -0.480 e. The first kappa shape index (κ1) is 13.6. The van der Waals surface area contributed by atoms with Crippen molar-refractivity contribution < 1.29 is 9.90 Å². The lowest BCUT2D eigenvalue weighted by molar-refractivity contribution is -0.145. The maximum absolute atomic E-state index is 11.7. The van der Waals surface area contributed by atoms with Gasteiger partial charge in [-0.25, -0.2) is 0 Å². The van der Waals surface area contributed by atoms with Crippen molar-refractivity contribution in [3.63, 3.8) is 0 Å². The number of aliphatic carboxylic acids is 1. The van der Waals surface area contributed by atoms with E-state index in [-0.39, 0.29) is 6.04 Å². The van der Waals surface area contributed by atoms with Gasteiger partial charge in [-0.05, 0) is 43.2 Å². The lowest BCUT2D eigenvalue weighted by Gasteiger charge is -2.41. The first-order valence-electron chi connectivity index (χ1n) is 7.72. The van der Waals surface area contributed by atoms with Gasteiger partial charge >= 0.3 is 5.97 Å². The number of carboxylic acid groups (broad SMARTS) is 1. The Morgan fingerprint density at radius 3 is 2.55 bits per heavy atom. The lowest BCUT2D eigenvalue weighted by atomic mass is 9.89. The van der Waals surface area contributed by atoms with Gasteiger partial charge in [-0.3, -0.25) is 9.69 Å². The van der Waals surface area contributed by atoms with Gasteiger partial charge in [0.15, 0.2) is 0 Å². The van der Waals surface area contributed by atoms with Gasteiger partial charge in [0, 0.05) is 12.6 Å². The van der Waals surface area contributed by atoms with Crippen molar-refractivity contribution in [1.29, 1.82) is 0 Å². The van der Waals surface area contributed by atoms with Gasteiger partial charge in [-0.2, -0.15) is 0 Å². The molecule has 1 aliphatic carbocycles. The largest absolute Gasteiger partial charge is 0.480 e. The van der Waals surface area contributed by atoms with Crippen molar-refractivity contribution in [1.82, 2.24) is 4.90 Å². The summed E-state index contributed by atoms with van der Waals surface area (Å²) in [6.45, 7) is 3.00. The molecule has 108 valence electrons. The number of rotatable bonds is 3. The van der Waals surface area contributed by atoms with Gasteiger partial charge in [-0.1, -0.05) is 37.1 Å². The summed E-state index contributed by atoms with van der Waals surface area (Å²) in [6.07, 6.45) is 5.76. The Bertz CT molecular complexity index is 494. The predicted octanol–water partition coefficient (Wildman–Crippen LogP) is 3.08. The third-order valence-electron chi connectivity index (χ3n) is 5.18. The number of nitrogens with zero attached hydrogens (tertiary/aromatic N) is 1. The molecule has 1 aliphatic heterocycles. The van der Waals surface area contributed by atoms with Gasteiger partial charge in [0.25, 0.3) is 0 Å². The zero-order valence-corrected chi connectivity index (χ0v) is 12.1. The molecule has 0 saturated heterocycles. The molecule has 2 unspecified atom stereocenters. The van der Waals surface area contributed by atoms with Crippen LogP contribution in [0.2, 0.25) is 0 Å². The third-order valence-corrected chi connectivity index (χ3v) is 5.18.